The number of nitrogens with zero attached hydrogens (tertiary/aromatic N) is 2. The molecule has 0 bridgehead atoms. The van der Waals surface area contributed by atoms with Gasteiger partial charge in [-0.2, -0.15) is 10.5 Å². The van der Waals surface area contributed by atoms with Crippen LogP contribution in [0.4, 0.5) is 0 Å². The predicted molar refractivity (Wildman–Crippen MR) is 58.0 cm³/mol. The summed E-state index contributed by atoms with van der Waals surface area (Å²) in [4.78, 5) is 0. The average Bonchev–Trinajstić information content (AvgIpc) is 2.57. The summed E-state index contributed by atoms with van der Waals surface area (Å²) in [6.45, 7) is 1.89. The maximum Gasteiger partial charge on any atom is 0.140 e. The first-order chi connectivity index (χ1) is 7.70. The molecule has 3 unspecified atom stereocenters. The fourth-order valence-corrected chi connectivity index (χ4v) is 2.52. The summed E-state index contributed by atoms with van der Waals surface area (Å²) in [5, 5.41) is 28.0. The molecule has 1 N–H and O–H groups in total. The van der Waals surface area contributed by atoms with E-state index in [1.165, 1.54) is 0 Å². The second kappa shape index (κ2) is 3.96. The Bertz CT molecular complexity index is 469. The third-order valence-corrected chi connectivity index (χ3v) is 3.38. The summed E-state index contributed by atoms with van der Waals surface area (Å²) >= 11 is 0. The highest BCUT2D eigenvalue weighted by molar-refractivity contribution is 5.40. The van der Waals surface area contributed by atoms with Crippen molar-refractivity contribution in [1.29, 1.82) is 10.5 Å². The van der Waals surface area contributed by atoms with Crippen molar-refractivity contribution in [3.63, 3.8) is 0 Å². The van der Waals surface area contributed by atoms with Gasteiger partial charge in [-0.1, -0.05) is 31.2 Å². The van der Waals surface area contributed by atoms with E-state index in [9.17, 15) is 5.11 Å². The Balaban J connectivity index is 2.50. The number of benzene rings is 1. The van der Waals surface area contributed by atoms with Crippen LogP contribution in [0.3, 0.4) is 0 Å². The average molecular weight is 212 g/mol. The van der Waals surface area contributed by atoms with Crippen molar-refractivity contribution in [1.82, 2.24) is 0 Å². The van der Waals surface area contributed by atoms with Gasteiger partial charge in [0.1, 0.15) is 5.92 Å². The highest BCUT2D eigenvalue weighted by Crippen LogP contribution is 2.48. The van der Waals surface area contributed by atoms with Crippen LogP contribution in [-0.2, 0) is 0 Å². The molecule has 0 aromatic heterocycles. The molecule has 0 fully saturated rings. The van der Waals surface area contributed by atoms with E-state index in [1.807, 2.05) is 43.3 Å². The Morgan fingerprint density at radius 1 is 1.19 bits per heavy atom. The van der Waals surface area contributed by atoms with Crippen LogP contribution < -0.4 is 0 Å². The van der Waals surface area contributed by atoms with Gasteiger partial charge in [0, 0.05) is 5.92 Å². The van der Waals surface area contributed by atoms with Crippen LogP contribution in [0.1, 0.15) is 30.1 Å². The molecule has 3 atom stereocenters. The number of rotatable bonds is 1. The second-order valence-electron chi connectivity index (χ2n) is 4.19. The summed E-state index contributed by atoms with van der Waals surface area (Å²) in [5.41, 5.74) is 1.80. The molecule has 0 heterocycles. The highest BCUT2D eigenvalue weighted by Gasteiger charge is 2.41. The van der Waals surface area contributed by atoms with Crippen molar-refractivity contribution in [2.24, 2.45) is 11.8 Å². The number of nitriles is 2. The topological polar surface area (TPSA) is 67.8 Å². The number of fused-ring (bicyclic) bond motifs is 1. The zero-order valence-corrected chi connectivity index (χ0v) is 8.96. The summed E-state index contributed by atoms with van der Waals surface area (Å²) in [6.07, 6.45) is -0.564. The Morgan fingerprint density at radius 2 is 1.75 bits per heavy atom. The molecule has 1 aliphatic rings. The molecule has 1 aromatic carbocycles. The predicted octanol–water partition coefficient (Wildman–Crippen LogP) is 2.12. The van der Waals surface area contributed by atoms with Crippen LogP contribution in [0, 0.1) is 34.5 Å². The number of hydrogen-bond donors (Lipinski definition) is 1. The maximum absolute atomic E-state index is 10.0. The standard InChI is InChI=1S/C13H12N2O/c1-8-12(9(6-14)7-15)10-4-2-3-5-11(10)13(8)16/h2-5,8-9,12-13,16H,1H3. The molecule has 0 radical (unpaired) electrons. The quantitative estimate of drug-likeness (QED) is 0.775. The van der Waals surface area contributed by atoms with E-state index >= 15 is 0 Å². The molecule has 2 rings (SSSR count). The molecular weight excluding hydrogens is 200 g/mol. The Kier molecular flexibility index (Phi) is 2.64. The number of aliphatic hydroxyl groups excluding tert-OH is 1. The second-order valence-corrected chi connectivity index (χ2v) is 4.19. The van der Waals surface area contributed by atoms with Crippen LogP contribution in [0.15, 0.2) is 24.3 Å². The monoisotopic (exact) mass is 212 g/mol. The zero-order valence-electron chi connectivity index (χ0n) is 8.96. The van der Waals surface area contributed by atoms with Crippen LogP contribution in [-0.4, -0.2) is 5.11 Å². The van der Waals surface area contributed by atoms with Gasteiger partial charge in [0.2, 0.25) is 0 Å². The van der Waals surface area contributed by atoms with Crippen LogP contribution in [0.5, 0.6) is 0 Å². The number of hydrogen-bond acceptors (Lipinski definition) is 3. The molecule has 16 heavy (non-hydrogen) atoms. The fraction of sp³-hybridized carbons (Fsp3) is 0.385. The van der Waals surface area contributed by atoms with Crippen molar-refractivity contribution < 1.29 is 5.11 Å². The molecule has 3 nitrogen and oxygen atoms in total. The van der Waals surface area contributed by atoms with Gasteiger partial charge in [-0.25, -0.2) is 0 Å². The Hall–Kier alpha value is -1.84. The summed E-state index contributed by atoms with van der Waals surface area (Å²) in [5.74, 6) is -0.948. The third-order valence-electron chi connectivity index (χ3n) is 3.38. The third kappa shape index (κ3) is 1.38. The summed E-state index contributed by atoms with van der Waals surface area (Å²) in [6, 6.07) is 11.5. The minimum Gasteiger partial charge on any atom is -0.388 e. The van der Waals surface area contributed by atoms with Gasteiger partial charge in [-0.3, -0.25) is 0 Å². The van der Waals surface area contributed by atoms with Crippen molar-refractivity contribution in [3.05, 3.63) is 35.4 Å². The molecule has 3 heteroatoms. The lowest BCUT2D eigenvalue weighted by Gasteiger charge is -2.18. The largest absolute Gasteiger partial charge is 0.388 e. The van der Waals surface area contributed by atoms with Crippen LogP contribution in [0.2, 0.25) is 0 Å². The molecule has 1 aliphatic carbocycles. The Labute approximate surface area is 94.6 Å². The van der Waals surface area contributed by atoms with E-state index in [4.69, 9.17) is 10.5 Å². The van der Waals surface area contributed by atoms with Gasteiger partial charge < -0.3 is 5.11 Å². The van der Waals surface area contributed by atoms with Crippen molar-refractivity contribution in [2.75, 3.05) is 0 Å². The molecular formula is C13H12N2O. The Morgan fingerprint density at radius 3 is 2.31 bits per heavy atom. The van der Waals surface area contributed by atoms with Gasteiger partial charge in [0.25, 0.3) is 0 Å². The van der Waals surface area contributed by atoms with E-state index < -0.39 is 12.0 Å². The zero-order chi connectivity index (χ0) is 11.7. The molecule has 0 spiro atoms. The van der Waals surface area contributed by atoms with Gasteiger partial charge in [0.15, 0.2) is 0 Å². The fourth-order valence-electron chi connectivity index (χ4n) is 2.52. The van der Waals surface area contributed by atoms with Gasteiger partial charge in [0.05, 0.1) is 18.2 Å². The van der Waals surface area contributed by atoms with E-state index in [-0.39, 0.29) is 11.8 Å². The van der Waals surface area contributed by atoms with Crippen LogP contribution in [0.25, 0.3) is 0 Å². The smallest absolute Gasteiger partial charge is 0.140 e. The molecule has 0 amide bonds. The van der Waals surface area contributed by atoms with Crippen molar-refractivity contribution in [3.8, 4) is 12.1 Å². The van der Waals surface area contributed by atoms with Gasteiger partial charge in [-0.15, -0.1) is 0 Å². The number of aliphatic hydroxyl groups is 1. The highest BCUT2D eigenvalue weighted by atomic mass is 16.3. The van der Waals surface area contributed by atoms with E-state index in [0.29, 0.717) is 0 Å². The molecule has 80 valence electrons. The first-order valence-electron chi connectivity index (χ1n) is 5.26. The summed E-state index contributed by atoms with van der Waals surface area (Å²) < 4.78 is 0. The molecule has 0 saturated carbocycles. The van der Waals surface area contributed by atoms with E-state index in [0.717, 1.165) is 11.1 Å². The van der Waals surface area contributed by atoms with Crippen molar-refractivity contribution in [2.45, 2.75) is 18.9 Å². The first kappa shape index (κ1) is 10.7. The maximum atomic E-state index is 10.0. The minimum atomic E-state index is -0.687. The van der Waals surface area contributed by atoms with E-state index in [1.54, 1.807) is 0 Å². The lowest BCUT2D eigenvalue weighted by atomic mass is 9.83. The first-order valence-corrected chi connectivity index (χ1v) is 5.26. The summed E-state index contributed by atoms with van der Waals surface area (Å²) in [7, 11) is 0. The van der Waals surface area contributed by atoms with Crippen LogP contribution >= 0.6 is 0 Å². The lowest BCUT2D eigenvalue weighted by Crippen LogP contribution is -2.15. The SMILES string of the molecule is CC1C(O)c2ccccc2C1C(C#N)C#N. The van der Waals surface area contributed by atoms with Gasteiger partial charge >= 0.3 is 0 Å². The molecule has 0 saturated heterocycles. The molecule has 1 aromatic rings. The normalized spacial score (nSPS) is 27.2. The molecule has 0 aliphatic heterocycles. The van der Waals surface area contributed by atoms with E-state index in [2.05, 4.69) is 0 Å². The lowest BCUT2D eigenvalue weighted by molar-refractivity contribution is 0.117. The van der Waals surface area contributed by atoms with Gasteiger partial charge in [-0.05, 0) is 17.0 Å². The minimum absolute atomic E-state index is 0.0818. The van der Waals surface area contributed by atoms with Crippen molar-refractivity contribution >= 4 is 0 Å².